The van der Waals surface area contributed by atoms with Crippen LogP contribution in [-0.4, -0.2) is 63.0 Å². The third-order valence-corrected chi connectivity index (χ3v) is 7.22. The minimum Gasteiger partial charge on any atom is -0.358 e. The maximum absolute atomic E-state index is 6.56. The predicted octanol–water partition coefficient (Wildman–Crippen LogP) is 3.30. The number of thiazole rings is 1. The van der Waals surface area contributed by atoms with Crippen LogP contribution in [0.25, 0.3) is 10.3 Å². The number of aromatic nitrogens is 3. The molecule has 0 radical (unpaired) electrons. The van der Waals surface area contributed by atoms with Crippen LogP contribution in [0, 0.1) is 5.92 Å². The van der Waals surface area contributed by atoms with Gasteiger partial charge in [-0.25, -0.2) is 25.0 Å². The van der Waals surface area contributed by atoms with Gasteiger partial charge < -0.3 is 10.6 Å². The number of aliphatic imine (C=N–C) groups is 1. The number of halogens is 1. The number of piperazine rings is 1. The van der Waals surface area contributed by atoms with Gasteiger partial charge in [0.25, 0.3) is 0 Å². The fourth-order valence-corrected chi connectivity index (χ4v) is 5.22. The zero-order valence-electron chi connectivity index (χ0n) is 17.0. The van der Waals surface area contributed by atoms with E-state index >= 15 is 0 Å². The topological polar surface area (TPSA) is 81.6 Å². The van der Waals surface area contributed by atoms with Gasteiger partial charge >= 0.3 is 0 Å². The first kappa shape index (κ1) is 19.4. The highest BCUT2D eigenvalue weighted by Crippen LogP contribution is 2.40. The van der Waals surface area contributed by atoms with Crippen molar-refractivity contribution in [3.63, 3.8) is 0 Å². The van der Waals surface area contributed by atoms with Gasteiger partial charge in [0.1, 0.15) is 22.5 Å². The summed E-state index contributed by atoms with van der Waals surface area (Å²) in [6.07, 6.45) is 3.97. The first-order valence-electron chi connectivity index (χ1n) is 10.7. The van der Waals surface area contributed by atoms with Crippen LogP contribution in [-0.2, 0) is 6.54 Å². The van der Waals surface area contributed by atoms with Crippen molar-refractivity contribution >= 4 is 50.6 Å². The second kappa shape index (κ2) is 7.98. The first-order valence-corrected chi connectivity index (χ1v) is 11.9. The lowest BCUT2D eigenvalue weighted by atomic mass is 10.1. The summed E-state index contributed by atoms with van der Waals surface area (Å²) in [7, 11) is 0. The maximum atomic E-state index is 6.56. The van der Waals surface area contributed by atoms with E-state index in [0.29, 0.717) is 5.92 Å². The highest BCUT2D eigenvalue weighted by Gasteiger charge is 2.41. The minimum absolute atomic E-state index is 0.0572. The first-order chi connectivity index (χ1) is 15.3. The van der Waals surface area contributed by atoms with Gasteiger partial charge in [0, 0.05) is 36.8 Å². The quantitative estimate of drug-likeness (QED) is 0.612. The Morgan fingerprint density at radius 3 is 2.87 bits per heavy atom. The van der Waals surface area contributed by atoms with E-state index in [1.165, 1.54) is 24.2 Å². The Balaban J connectivity index is 1.42. The molecule has 4 heterocycles. The number of hydrogen-bond donors (Lipinski definition) is 2. The molecule has 1 aromatic carbocycles. The lowest BCUT2D eigenvalue weighted by Crippen LogP contribution is -2.58. The SMILES string of the molecule is Clc1cccc2c1CN(N1CCNCC1)C([C@@H](Nc1ncnc3scnc13)C1CC1)=N2. The van der Waals surface area contributed by atoms with Crippen molar-refractivity contribution < 1.29 is 0 Å². The maximum Gasteiger partial charge on any atom is 0.157 e. The fourth-order valence-electron chi connectivity index (χ4n) is 4.36. The number of anilines is 1. The monoisotopic (exact) mass is 454 g/mol. The molecule has 2 aliphatic heterocycles. The molecule has 10 heteroatoms. The van der Waals surface area contributed by atoms with E-state index in [0.717, 1.165) is 71.0 Å². The lowest BCUT2D eigenvalue weighted by Gasteiger charge is -2.43. The third kappa shape index (κ3) is 3.65. The fraction of sp³-hybridized carbons (Fsp3) is 0.429. The number of benzene rings is 1. The molecule has 0 spiro atoms. The summed E-state index contributed by atoms with van der Waals surface area (Å²) in [5.41, 5.74) is 4.69. The Morgan fingerprint density at radius 2 is 2.03 bits per heavy atom. The Labute approximate surface area is 189 Å². The van der Waals surface area contributed by atoms with Gasteiger partial charge in [0.05, 0.1) is 23.8 Å². The summed E-state index contributed by atoms with van der Waals surface area (Å²) < 4.78 is 0. The number of amidine groups is 1. The van der Waals surface area contributed by atoms with Crippen molar-refractivity contribution in [1.82, 2.24) is 30.3 Å². The molecule has 1 atom stereocenters. The average Bonchev–Trinajstić information content (AvgIpc) is 3.53. The van der Waals surface area contributed by atoms with Crippen LogP contribution in [0.15, 0.2) is 35.0 Å². The molecular weight excluding hydrogens is 432 g/mol. The largest absolute Gasteiger partial charge is 0.358 e. The standard InChI is InChI=1S/C21H23ClN8S/c22-15-2-1-3-16-14(15)10-30(29-8-6-23-7-9-29)20(27-16)17(13-4-5-13)28-19-18-21(25-11-24-19)31-12-26-18/h1-3,11-13,17,23H,4-10H2,(H,24,25,28)/t17-/m0/s1. The van der Waals surface area contributed by atoms with E-state index in [1.54, 1.807) is 6.33 Å². The molecule has 3 aliphatic rings. The van der Waals surface area contributed by atoms with Gasteiger partial charge in [-0.2, -0.15) is 0 Å². The molecule has 3 aromatic rings. The molecule has 0 amide bonds. The number of nitrogens with one attached hydrogen (secondary N) is 2. The highest BCUT2D eigenvalue weighted by atomic mass is 35.5. The smallest absolute Gasteiger partial charge is 0.157 e. The number of hydrazine groups is 1. The summed E-state index contributed by atoms with van der Waals surface area (Å²) in [6, 6.07) is 6.05. The van der Waals surface area contributed by atoms with Gasteiger partial charge in [0.15, 0.2) is 5.82 Å². The highest BCUT2D eigenvalue weighted by molar-refractivity contribution is 7.16. The van der Waals surface area contributed by atoms with E-state index in [2.05, 4.69) is 41.7 Å². The molecule has 2 aromatic heterocycles. The van der Waals surface area contributed by atoms with Crippen molar-refractivity contribution in [2.75, 3.05) is 31.5 Å². The molecule has 8 nitrogen and oxygen atoms in total. The van der Waals surface area contributed by atoms with Crippen molar-refractivity contribution in [3.05, 3.63) is 40.6 Å². The molecule has 1 aliphatic carbocycles. The van der Waals surface area contributed by atoms with Crippen LogP contribution in [0.4, 0.5) is 11.5 Å². The van der Waals surface area contributed by atoms with Crippen molar-refractivity contribution in [1.29, 1.82) is 0 Å². The molecule has 31 heavy (non-hydrogen) atoms. The molecular formula is C21H23ClN8S. The van der Waals surface area contributed by atoms with Crippen LogP contribution in [0.2, 0.25) is 5.02 Å². The second-order valence-corrected chi connectivity index (χ2v) is 9.40. The molecule has 6 rings (SSSR count). The normalized spacial score (nSPS) is 20.4. The van der Waals surface area contributed by atoms with Gasteiger partial charge in [-0.3, -0.25) is 5.01 Å². The van der Waals surface area contributed by atoms with Gasteiger partial charge in [-0.1, -0.05) is 17.7 Å². The average molecular weight is 455 g/mol. The number of rotatable bonds is 5. The second-order valence-electron chi connectivity index (χ2n) is 8.16. The summed E-state index contributed by atoms with van der Waals surface area (Å²) in [6.45, 7) is 4.55. The molecule has 160 valence electrons. The van der Waals surface area contributed by atoms with E-state index < -0.39 is 0 Å². The Kier molecular flexibility index (Phi) is 4.98. The number of fused-ring (bicyclic) bond motifs is 2. The molecule has 1 saturated heterocycles. The van der Waals surface area contributed by atoms with E-state index in [9.17, 15) is 0 Å². The molecule has 1 saturated carbocycles. The van der Waals surface area contributed by atoms with Gasteiger partial charge in [0.2, 0.25) is 0 Å². The predicted molar refractivity (Wildman–Crippen MR) is 124 cm³/mol. The number of nitrogens with zero attached hydrogens (tertiary/aromatic N) is 6. The van der Waals surface area contributed by atoms with E-state index in [-0.39, 0.29) is 6.04 Å². The Hall–Kier alpha value is -2.33. The number of hydrogen-bond acceptors (Lipinski definition) is 9. The summed E-state index contributed by atoms with van der Waals surface area (Å²) in [5, 5.41) is 12.7. The van der Waals surface area contributed by atoms with Crippen molar-refractivity contribution in [2.24, 2.45) is 10.9 Å². The summed E-state index contributed by atoms with van der Waals surface area (Å²) in [4.78, 5) is 19.4. The van der Waals surface area contributed by atoms with Crippen LogP contribution in [0.5, 0.6) is 0 Å². The minimum atomic E-state index is 0.0572. The lowest BCUT2D eigenvalue weighted by molar-refractivity contribution is 0.0209. The molecule has 0 bridgehead atoms. The zero-order chi connectivity index (χ0) is 20.8. The molecule has 2 fully saturated rings. The van der Waals surface area contributed by atoms with Crippen molar-refractivity contribution in [3.8, 4) is 0 Å². The Morgan fingerprint density at radius 1 is 1.16 bits per heavy atom. The molecule has 2 N–H and O–H groups in total. The van der Waals surface area contributed by atoms with Crippen LogP contribution in [0.1, 0.15) is 18.4 Å². The zero-order valence-corrected chi connectivity index (χ0v) is 18.5. The van der Waals surface area contributed by atoms with Crippen LogP contribution < -0.4 is 10.6 Å². The van der Waals surface area contributed by atoms with Gasteiger partial charge in [-0.15, -0.1) is 11.3 Å². The summed E-state index contributed by atoms with van der Waals surface area (Å²) >= 11 is 8.10. The Bertz CT molecular complexity index is 1140. The van der Waals surface area contributed by atoms with Gasteiger partial charge in [-0.05, 0) is 30.9 Å². The van der Waals surface area contributed by atoms with Crippen molar-refractivity contribution in [2.45, 2.75) is 25.4 Å². The van der Waals surface area contributed by atoms with Crippen LogP contribution >= 0.6 is 22.9 Å². The van der Waals surface area contributed by atoms with E-state index in [1.807, 2.05) is 17.6 Å². The molecule has 0 unspecified atom stereocenters. The third-order valence-electron chi connectivity index (χ3n) is 6.13. The van der Waals surface area contributed by atoms with Crippen LogP contribution in [0.3, 0.4) is 0 Å². The van der Waals surface area contributed by atoms with E-state index in [4.69, 9.17) is 16.6 Å². The summed E-state index contributed by atoms with van der Waals surface area (Å²) in [5.74, 6) is 2.35.